The molecule has 1 aromatic rings. The lowest BCUT2D eigenvalue weighted by molar-refractivity contribution is 0.624. The van der Waals surface area contributed by atoms with E-state index in [0.29, 0.717) is 6.04 Å². The lowest BCUT2D eigenvalue weighted by Gasteiger charge is -2.11. The number of halogens is 2. The lowest BCUT2D eigenvalue weighted by Crippen LogP contribution is -2.19. The Bertz CT molecular complexity index is 296. The van der Waals surface area contributed by atoms with Crippen molar-refractivity contribution >= 4 is 43.2 Å². The van der Waals surface area contributed by atoms with Crippen LogP contribution >= 0.6 is 43.2 Å². The van der Waals surface area contributed by atoms with Gasteiger partial charge in [-0.3, -0.25) is 0 Å². The molecule has 0 radical (unpaired) electrons. The molecule has 0 aliphatic carbocycles. The van der Waals surface area contributed by atoms with E-state index in [1.54, 1.807) is 11.3 Å². The maximum Gasteiger partial charge on any atom is 0.0400 e. The third kappa shape index (κ3) is 3.54. The molecule has 0 saturated heterocycles. The largest absolute Gasteiger partial charge is 0.305 e. The van der Waals surface area contributed by atoms with Crippen LogP contribution in [0.2, 0.25) is 0 Å². The molecule has 0 bridgehead atoms. The van der Waals surface area contributed by atoms with Gasteiger partial charge in [-0.15, -0.1) is 11.3 Å². The molecule has 0 aliphatic heterocycles. The zero-order valence-corrected chi connectivity index (χ0v) is 11.3. The molecule has 1 rings (SSSR count). The van der Waals surface area contributed by atoms with E-state index >= 15 is 0 Å². The molecule has 0 aromatic carbocycles. The van der Waals surface area contributed by atoms with Crippen LogP contribution in [0.3, 0.4) is 0 Å². The minimum Gasteiger partial charge on any atom is -0.305 e. The predicted molar refractivity (Wildman–Crippen MR) is 66.5 cm³/mol. The van der Waals surface area contributed by atoms with Crippen LogP contribution in [0.4, 0.5) is 0 Å². The zero-order valence-electron chi connectivity index (χ0n) is 7.31. The topological polar surface area (TPSA) is 12.0 Å². The van der Waals surface area contributed by atoms with Gasteiger partial charge in [0.25, 0.3) is 0 Å². The van der Waals surface area contributed by atoms with Crippen molar-refractivity contribution in [2.75, 3.05) is 6.54 Å². The van der Waals surface area contributed by atoms with Crippen LogP contribution < -0.4 is 5.32 Å². The highest BCUT2D eigenvalue weighted by Crippen LogP contribution is 2.28. The molecule has 1 aromatic heterocycles. The molecular formula is C9H11Br2NS. The summed E-state index contributed by atoms with van der Waals surface area (Å²) in [6, 6.07) is 2.44. The van der Waals surface area contributed by atoms with E-state index in [9.17, 15) is 0 Å². The quantitative estimate of drug-likeness (QED) is 0.880. The first-order valence-corrected chi connectivity index (χ1v) is 6.37. The van der Waals surface area contributed by atoms with Gasteiger partial charge in [0.2, 0.25) is 0 Å². The average Bonchev–Trinajstić information content (AvgIpc) is 2.47. The summed E-state index contributed by atoms with van der Waals surface area (Å²) in [6.45, 7) is 6.72. The van der Waals surface area contributed by atoms with E-state index in [0.717, 1.165) is 11.0 Å². The van der Waals surface area contributed by atoms with Gasteiger partial charge in [-0.25, -0.2) is 0 Å². The molecule has 0 spiro atoms. The third-order valence-corrected chi connectivity index (χ3v) is 3.97. The Morgan fingerprint density at radius 3 is 2.92 bits per heavy atom. The van der Waals surface area contributed by atoms with Gasteiger partial charge >= 0.3 is 0 Å². The van der Waals surface area contributed by atoms with E-state index in [1.807, 2.05) is 0 Å². The van der Waals surface area contributed by atoms with Crippen molar-refractivity contribution in [2.24, 2.45) is 0 Å². The van der Waals surface area contributed by atoms with Crippen molar-refractivity contribution in [1.82, 2.24) is 5.32 Å². The summed E-state index contributed by atoms with van der Waals surface area (Å²) in [5.41, 5.74) is 0. The first-order chi connectivity index (χ1) is 6.11. The van der Waals surface area contributed by atoms with E-state index < -0.39 is 0 Å². The predicted octanol–water partition coefficient (Wildman–Crippen LogP) is 4.07. The van der Waals surface area contributed by atoms with Crippen molar-refractivity contribution in [2.45, 2.75) is 13.0 Å². The van der Waals surface area contributed by atoms with Crippen LogP contribution in [0.25, 0.3) is 0 Å². The Morgan fingerprint density at radius 2 is 2.46 bits per heavy atom. The standard InChI is InChI=1S/C9H11Br2NS/c1-6(10)5-12-7(2)9-8(11)3-4-13-9/h3-4,7,12H,1,5H2,2H3. The smallest absolute Gasteiger partial charge is 0.0400 e. The second-order valence-corrected chi connectivity index (χ2v) is 5.68. The minimum absolute atomic E-state index is 0.365. The highest BCUT2D eigenvalue weighted by molar-refractivity contribution is 9.11. The Morgan fingerprint density at radius 1 is 1.77 bits per heavy atom. The highest BCUT2D eigenvalue weighted by atomic mass is 79.9. The molecule has 1 heterocycles. The first kappa shape index (κ1) is 11.4. The highest BCUT2D eigenvalue weighted by Gasteiger charge is 2.09. The SMILES string of the molecule is C=C(Br)CNC(C)c1sccc1Br. The van der Waals surface area contributed by atoms with Crippen molar-refractivity contribution in [3.05, 3.63) is 31.9 Å². The molecule has 0 amide bonds. The number of hydrogen-bond donors (Lipinski definition) is 1. The first-order valence-electron chi connectivity index (χ1n) is 3.91. The summed E-state index contributed by atoms with van der Waals surface area (Å²) in [6.07, 6.45) is 0. The van der Waals surface area contributed by atoms with Gasteiger partial charge in [-0.2, -0.15) is 0 Å². The summed E-state index contributed by atoms with van der Waals surface area (Å²) < 4.78 is 2.16. The van der Waals surface area contributed by atoms with Gasteiger partial charge in [-0.05, 0) is 34.3 Å². The number of thiophene rings is 1. The van der Waals surface area contributed by atoms with E-state index in [4.69, 9.17) is 0 Å². The Labute approximate surface area is 99.5 Å². The molecule has 1 unspecified atom stereocenters. The molecular weight excluding hydrogens is 314 g/mol. The molecule has 4 heteroatoms. The summed E-state index contributed by atoms with van der Waals surface area (Å²) in [4.78, 5) is 1.33. The van der Waals surface area contributed by atoms with E-state index in [2.05, 4.69) is 62.1 Å². The molecule has 72 valence electrons. The maximum absolute atomic E-state index is 3.78. The summed E-state index contributed by atoms with van der Waals surface area (Å²) in [5.74, 6) is 0. The fraction of sp³-hybridized carbons (Fsp3) is 0.333. The van der Waals surface area contributed by atoms with Crippen LogP contribution in [-0.4, -0.2) is 6.54 Å². The van der Waals surface area contributed by atoms with Gasteiger partial charge in [0.1, 0.15) is 0 Å². The number of hydrogen-bond acceptors (Lipinski definition) is 2. The van der Waals surface area contributed by atoms with Crippen LogP contribution in [0.5, 0.6) is 0 Å². The van der Waals surface area contributed by atoms with Crippen LogP contribution in [0, 0.1) is 0 Å². The van der Waals surface area contributed by atoms with Crippen molar-refractivity contribution < 1.29 is 0 Å². The van der Waals surface area contributed by atoms with Gasteiger partial charge in [-0.1, -0.05) is 22.5 Å². The van der Waals surface area contributed by atoms with Gasteiger partial charge in [0.05, 0.1) is 0 Å². The maximum atomic E-state index is 3.78. The van der Waals surface area contributed by atoms with Crippen LogP contribution in [-0.2, 0) is 0 Å². The van der Waals surface area contributed by atoms with Crippen molar-refractivity contribution in [3.8, 4) is 0 Å². The van der Waals surface area contributed by atoms with Gasteiger partial charge in [0, 0.05) is 26.4 Å². The van der Waals surface area contributed by atoms with Gasteiger partial charge < -0.3 is 5.32 Å². The molecule has 13 heavy (non-hydrogen) atoms. The fourth-order valence-electron chi connectivity index (χ4n) is 0.971. The molecule has 0 fully saturated rings. The third-order valence-electron chi connectivity index (χ3n) is 1.64. The second-order valence-electron chi connectivity index (χ2n) is 2.75. The second kappa shape index (κ2) is 5.29. The summed E-state index contributed by atoms with van der Waals surface area (Å²) >= 11 is 8.58. The molecule has 1 nitrogen and oxygen atoms in total. The number of rotatable bonds is 4. The van der Waals surface area contributed by atoms with E-state index in [1.165, 1.54) is 9.35 Å². The number of nitrogens with one attached hydrogen (secondary N) is 1. The zero-order chi connectivity index (χ0) is 9.84. The summed E-state index contributed by atoms with van der Waals surface area (Å²) in [7, 11) is 0. The van der Waals surface area contributed by atoms with Crippen molar-refractivity contribution in [3.63, 3.8) is 0 Å². The van der Waals surface area contributed by atoms with Crippen LogP contribution in [0.15, 0.2) is 27.0 Å². The fourth-order valence-corrected chi connectivity index (χ4v) is 2.88. The van der Waals surface area contributed by atoms with Crippen LogP contribution in [0.1, 0.15) is 17.8 Å². The molecule has 1 N–H and O–H groups in total. The molecule has 1 atom stereocenters. The molecule has 0 saturated carbocycles. The Balaban J connectivity index is 2.53. The van der Waals surface area contributed by atoms with E-state index in [-0.39, 0.29) is 0 Å². The normalized spacial score (nSPS) is 12.8. The monoisotopic (exact) mass is 323 g/mol. The molecule has 0 aliphatic rings. The minimum atomic E-state index is 0.365. The lowest BCUT2D eigenvalue weighted by atomic mass is 10.3. The Hall–Kier alpha value is 0.360. The van der Waals surface area contributed by atoms with Crippen molar-refractivity contribution in [1.29, 1.82) is 0 Å². The average molecular weight is 325 g/mol. The summed E-state index contributed by atoms with van der Waals surface area (Å²) in [5, 5.41) is 5.44. The van der Waals surface area contributed by atoms with Gasteiger partial charge in [0.15, 0.2) is 0 Å². The Kier molecular flexibility index (Phi) is 4.66.